The lowest BCUT2D eigenvalue weighted by molar-refractivity contribution is 0.0684. The number of carbonyl (C=O) groups excluding carboxylic acids is 2. The zero-order chi connectivity index (χ0) is 19.1. The number of hydrogen-bond acceptors (Lipinski definition) is 6. The largest absolute Gasteiger partial charge is 0.507 e. The number of rotatable bonds is 4. The highest BCUT2D eigenvalue weighted by Crippen LogP contribution is 2.33. The zero-order valence-corrected chi connectivity index (χ0v) is 16.5. The molecule has 4 rings (SSSR count). The molecule has 0 atom stereocenters. The summed E-state index contributed by atoms with van der Waals surface area (Å²) in [4.78, 5) is 26.1. The van der Waals surface area contributed by atoms with Gasteiger partial charge in [0.05, 0.1) is 22.6 Å². The SMILES string of the molecule is Cn1c(SCN2C(=O)c3ccccc3C2=O)nnc1-c1cc(Br)ccc1O. The fraction of sp³-hybridized carbons (Fsp3) is 0.111. The van der Waals surface area contributed by atoms with E-state index in [1.165, 1.54) is 16.7 Å². The molecule has 2 heterocycles. The number of thioether (sulfide) groups is 1. The minimum atomic E-state index is -0.310. The highest BCUT2D eigenvalue weighted by atomic mass is 79.9. The van der Waals surface area contributed by atoms with Gasteiger partial charge in [0, 0.05) is 11.5 Å². The lowest BCUT2D eigenvalue weighted by atomic mass is 10.1. The predicted molar refractivity (Wildman–Crippen MR) is 103 cm³/mol. The van der Waals surface area contributed by atoms with Crippen molar-refractivity contribution in [2.75, 3.05) is 5.88 Å². The van der Waals surface area contributed by atoms with E-state index in [1.54, 1.807) is 54.1 Å². The second-order valence-electron chi connectivity index (χ2n) is 5.88. The number of amides is 2. The number of benzene rings is 2. The van der Waals surface area contributed by atoms with E-state index in [4.69, 9.17) is 0 Å². The molecule has 0 saturated carbocycles. The molecule has 0 fully saturated rings. The molecule has 0 aliphatic carbocycles. The summed E-state index contributed by atoms with van der Waals surface area (Å²) in [6.45, 7) is 0. The first-order chi connectivity index (χ1) is 13.0. The summed E-state index contributed by atoms with van der Waals surface area (Å²) in [6, 6.07) is 11.8. The van der Waals surface area contributed by atoms with Crippen molar-refractivity contribution in [3.8, 4) is 17.1 Å². The van der Waals surface area contributed by atoms with Crippen molar-refractivity contribution in [3.05, 3.63) is 58.1 Å². The Kier molecular flexibility index (Phi) is 4.48. The van der Waals surface area contributed by atoms with Crippen LogP contribution in [0, 0.1) is 0 Å². The molecule has 2 aromatic carbocycles. The monoisotopic (exact) mass is 444 g/mol. The molecule has 0 radical (unpaired) electrons. The normalized spacial score (nSPS) is 13.3. The summed E-state index contributed by atoms with van der Waals surface area (Å²) < 4.78 is 2.52. The molecule has 3 aromatic rings. The molecule has 0 saturated heterocycles. The third kappa shape index (κ3) is 3.02. The summed E-state index contributed by atoms with van der Waals surface area (Å²) in [7, 11) is 1.76. The quantitative estimate of drug-likeness (QED) is 0.490. The molecule has 1 aliphatic heterocycles. The summed E-state index contributed by atoms with van der Waals surface area (Å²) >= 11 is 4.60. The Hall–Kier alpha value is -2.65. The van der Waals surface area contributed by atoms with Crippen LogP contribution in [0.25, 0.3) is 11.4 Å². The van der Waals surface area contributed by atoms with Gasteiger partial charge in [-0.1, -0.05) is 39.8 Å². The van der Waals surface area contributed by atoms with E-state index in [2.05, 4.69) is 26.1 Å². The van der Waals surface area contributed by atoms with E-state index >= 15 is 0 Å². The first-order valence-corrected chi connectivity index (χ1v) is 9.71. The molecule has 0 bridgehead atoms. The van der Waals surface area contributed by atoms with Crippen LogP contribution < -0.4 is 0 Å². The van der Waals surface area contributed by atoms with Crippen LogP contribution in [0.4, 0.5) is 0 Å². The Bertz CT molecular complexity index is 1050. The van der Waals surface area contributed by atoms with Crippen molar-refractivity contribution in [3.63, 3.8) is 0 Å². The number of imide groups is 1. The molecule has 7 nitrogen and oxygen atoms in total. The second kappa shape index (κ2) is 6.82. The van der Waals surface area contributed by atoms with Gasteiger partial charge < -0.3 is 9.67 Å². The number of aromatic nitrogens is 3. The first kappa shape index (κ1) is 17.7. The fourth-order valence-corrected chi connectivity index (χ4v) is 4.06. The van der Waals surface area contributed by atoms with Gasteiger partial charge >= 0.3 is 0 Å². The lowest BCUT2D eigenvalue weighted by Gasteiger charge is -2.12. The molecule has 1 N–H and O–H groups in total. The van der Waals surface area contributed by atoms with Crippen LogP contribution in [0.5, 0.6) is 5.75 Å². The fourth-order valence-electron chi connectivity index (χ4n) is 2.84. The smallest absolute Gasteiger partial charge is 0.262 e. The number of nitrogens with zero attached hydrogens (tertiary/aromatic N) is 4. The molecule has 0 unspecified atom stereocenters. The average molecular weight is 445 g/mol. The van der Waals surface area contributed by atoms with Gasteiger partial charge in [-0.15, -0.1) is 10.2 Å². The van der Waals surface area contributed by atoms with E-state index in [0.29, 0.717) is 27.7 Å². The molecular weight excluding hydrogens is 432 g/mol. The molecular formula is C18H13BrN4O3S. The molecule has 1 aliphatic rings. The van der Waals surface area contributed by atoms with Crippen molar-refractivity contribution in [2.45, 2.75) is 5.16 Å². The number of hydrogen-bond donors (Lipinski definition) is 1. The van der Waals surface area contributed by atoms with E-state index < -0.39 is 0 Å². The standard InChI is InChI=1S/C18H13BrN4O3S/c1-22-15(13-8-10(19)6-7-14(13)24)20-21-18(22)27-9-23-16(25)11-4-2-3-5-12(11)17(23)26/h2-8,24H,9H2,1H3. The van der Waals surface area contributed by atoms with Crippen molar-refractivity contribution < 1.29 is 14.7 Å². The van der Waals surface area contributed by atoms with Gasteiger partial charge in [0.1, 0.15) is 5.75 Å². The Balaban J connectivity index is 1.56. The number of phenolic OH excluding ortho intramolecular Hbond substituents is 1. The zero-order valence-electron chi connectivity index (χ0n) is 14.1. The van der Waals surface area contributed by atoms with E-state index in [1.807, 2.05) is 0 Å². The minimum Gasteiger partial charge on any atom is -0.507 e. The van der Waals surface area contributed by atoms with Crippen molar-refractivity contribution in [1.82, 2.24) is 19.7 Å². The van der Waals surface area contributed by atoms with Crippen molar-refractivity contribution in [2.24, 2.45) is 7.05 Å². The van der Waals surface area contributed by atoms with E-state index in [0.717, 1.165) is 4.47 Å². The number of halogens is 1. The second-order valence-corrected chi connectivity index (χ2v) is 7.71. The van der Waals surface area contributed by atoms with Crippen LogP contribution in [0.2, 0.25) is 0 Å². The third-order valence-corrected chi connectivity index (χ3v) is 5.73. The topological polar surface area (TPSA) is 88.3 Å². The lowest BCUT2D eigenvalue weighted by Crippen LogP contribution is -2.29. The third-order valence-electron chi connectivity index (χ3n) is 4.24. The summed E-state index contributed by atoms with van der Waals surface area (Å²) in [5, 5.41) is 18.9. The predicted octanol–water partition coefficient (Wildman–Crippen LogP) is 3.30. The van der Waals surface area contributed by atoms with Gasteiger partial charge in [-0.3, -0.25) is 14.5 Å². The van der Waals surface area contributed by atoms with Crippen LogP contribution >= 0.6 is 27.7 Å². The van der Waals surface area contributed by atoms with Crippen LogP contribution in [-0.4, -0.2) is 42.5 Å². The Morgan fingerprint density at radius 1 is 1.04 bits per heavy atom. The van der Waals surface area contributed by atoms with Crippen LogP contribution in [-0.2, 0) is 7.05 Å². The summed E-state index contributed by atoms with van der Waals surface area (Å²) in [5.41, 5.74) is 1.37. The van der Waals surface area contributed by atoms with Gasteiger partial charge in [-0.2, -0.15) is 0 Å². The maximum absolute atomic E-state index is 12.4. The summed E-state index contributed by atoms with van der Waals surface area (Å²) in [6.07, 6.45) is 0. The Labute approximate surface area is 167 Å². The summed E-state index contributed by atoms with van der Waals surface area (Å²) in [5.74, 6) is 0.0810. The van der Waals surface area contributed by atoms with E-state index in [9.17, 15) is 14.7 Å². The van der Waals surface area contributed by atoms with Gasteiger partial charge in [0.2, 0.25) is 0 Å². The number of fused-ring (bicyclic) bond motifs is 1. The van der Waals surface area contributed by atoms with E-state index in [-0.39, 0.29) is 23.4 Å². The van der Waals surface area contributed by atoms with Crippen molar-refractivity contribution >= 4 is 39.5 Å². The number of aromatic hydroxyl groups is 1. The molecule has 27 heavy (non-hydrogen) atoms. The number of phenols is 1. The molecule has 9 heteroatoms. The highest BCUT2D eigenvalue weighted by Gasteiger charge is 2.35. The highest BCUT2D eigenvalue weighted by molar-refractivity contribution is 9.10. The molecule has 0 spiro atoms. The maximum atomic E-state index is 12.4. The van der Waals surface area contributed by atoms with Gasteiger partial charge in [-0.05, 0) is 30.3 Å². The maximum Gasteiger partial charge on any atom is 0.262 e. The number of carbonyl (C=O) groups is 2. The van der Waals surface area contributed by atoms with Crippen LogP contribution in [0.3, 0.4) is 0 Å². The Morgan fingerprint density at radius 3 is 2.37 bits per heavy atom. The minimum absolute atomic E-state index is 0.0885. The Morgan fingerprint density at radius 2 is 1.70 bits per heavy atom. The van der Waals surface area contributed by atoms with Gasteiger partial charge in [0.25, 0.3) is 11.8 Å². The van der Waals surface area contributed by atoms with Gasteiger partial charge in [0.15, 0.2) is 11.0 Å². The van der Waals surface area contributed by atoms with Crippen LogP contribution in [0.15, 0.2) is 52.1 Å². The molecule has 1 aromatic heterocycles. The first-order valence-electron chi connectivity index (χ1n) is 7.93. The van der Waals surface area contributed by atoms with Crippen LogP contribution in [0.1, 0.15) is 20.7 Å². The molecule has 136 valence electrons. The van der Waals surface area contributed by atoms with Gasteiger partial charge in [-0.25, -0.2) is 0 Å². The molecule has 2 amide bonds. The average Bonchev–Trinajstić information content (AvgIpc) is 3.14. The van der Waals surface area contributed by atoms with Crippen molar-refractivity contribution in [1.29, 1.82) is 0 Å².